The number of aryl methyl sites for hydroxylation is 4. The fourth-order valence-electron chi connectivity index (χ4n) is 3.28. The van der Waals surface area contributed by atoms with Gasteiger partial charge < -0.3 is 9.64 Å². The molecule has 1 fully saturated rings. The van der Waals surface area contributed by atoms with Crippen molar-refractivity contribution in [1.29, 1.82) is 0 Å². The van der Waals surface area contributed by atoms with Crippen molar-refractivity contribution < 1.29 is 9.53 Å². The quantitative estimate of drug-likeness (QED) is 0.791. The molecular formula is C18H25N5O2. The first-order valence-electron chi connectivity index (χ1n) is 8.74. The molecule has 25 heavy (non-hydrogen) atoms. The average Bonchev–Trinajstić information content (AvgIpc) is 2.96. The first-order valence-corrected chi connectivity index (χ1v) is 8.74. The van der Waals surface area contributed by atoms with Gasteiger partial charge in [-0.15, -0.1) is 0 Å². The molecule has 2 aromatic heterocycles. The van der Waals surface area contributed by atoms with E-state index in [4.69, 9.17) is 4.74 Å². The predicted molar refractivity (Wildman–Crippen MR) is 92.9 cm³/mol. The Labute approximate surface area is 148 Å². The molecule has 1 atom stereocenters. The summed E-state index contributed by atoms with van der Waals surface area (Å²) in [6.07, 6.45) is 10.0. The normalized spacial score (nSPS) is 17.7. The third-order valence-electron chi connectivity index (χ3n) is 4.62. The number of morpholine rings is 1. The molecule has 1 saturated heterocycles. The Balaban J connectivity index is 1.56. The van der Waals surface area contributed by atoms with Crippen LogP contribution in [0, 0.1) is 6.92 Å². The van der Waals surface area contributed by atoms with E-state index in [1.165, 1.54) is 0 Å². The maximum Gasteiger partial charge on any atom is 0.223 e. The number of amides is 1. The van der Waals surface area contributed by atoms with Crippen molar-refractivity contribution in [1.82, 2.24) is 24.6 Å². The van der Waals surface area contributed by atoms with Gasteiger partial charge in [-0.25, -0.2) is 0 Å². The molecule has 7 heteroatoms. The van der Waals surface area contributed by atoms with Crippen LogP contribution >= 0.6 is 0 Å². The molecule has 0 bridgehead atoms. The van der Waals surface area contributed by atoms with E-state index in [1.54, 1.807) is 23.3 Å². The van der Waals surface area contributed by atoms with Crippen molar-refractivity contribution in [3.8, 4) is 0 Å². The summed E-state index contributed by atoms with van der Waals surface area (Å²) in [5, 5.41) is 4.34. The van der Waals surface area contributed by atoms with Gasteiger partial charge >= 0.3 is 0 Å². The van der Waals surface area contributed by atoms with Crippen LogP contribution in [0.1, 0.15) is 29.8 Å². The fraction of sp³-hybridized carbons (Fsp3) is 0.556. The lowest BCUT2D eigenvalue weighted by Crippen LogP contribution is -2.49. The van der Waals surface area contributed by atoms with E-state index in [2.05, 4.69) is 15.1 Å². The summed E-state index contributed by atoms with van der Waals surface area (Å²) in [5.41, 5.74) is 3.09. The van der Waals surface area contributed by atoms with Crippen LogP contribution < -0.4 is 0 Å². The number of nitrogens with zero attached hydrogens (tertiary/aromatic N) is 5. The Morgan fingerprint density at radius 1 is 1.36 bits per heavy atom. The summed E-state index contributed by atoms with van der Waals surface area (Å²) in [5.74, 6) is 0.190. The second-order valence-electron chi connectivity index (χ2n) is 6.46. The lowest BCUT2D eigenvalue weighted by molar-refractivity contribution is -0.140. The zero-order valence-electron chi connectivity index (χ0n) is 14.9. The number of hydrogen-bond donors (Lipinski definition) is 0. The molecule has 1 amide bonds. The summed E-state index contributed by atoms with van der Waals surface area (Å²) in [7, 11) is 1.91. The fourth-order valence-corrected chi connectivity index (χ4v) is 3.28. The van der Waals surface area contributed by atoms with Gasteiger partial charge in [-0.3, -0.25) is 19.4 Å². The van der Waals surface area contributed by atoms with Crippen molar-refractivity contribution in [2.75, 3.05) is 19.8 Å². The van der Waals surface area contributed by atoms with Gasteiger partial charge in [-0.1, -0.05) is 0 Å². The molecule has 2 aromatic rings. The van der Waals surface area contributed by atoms with Crippen LogP contribution in [0.5, 0.6) is 0 Å². The zero-order chi connectivity index (χ0) is 17.6. The summed E-state index contributed by atoms with van der Waals surface area (Å²) < 4.78 is 7.39. The second-order valence-corrected chi connectivity index (χ2v) is 6.46. The smallest absolute Gasteiger partial charge is 0.223 e. The number of aromatic nitrogens is 4. The molecule has 0 aromatic carbocycles. The largest absolute Gasteiger partial charge is 0.377 e. The van der Waals surface area contributed by atoms with Crippen LogP contribution in [-0.4, -0.2) is 56.4 Å². The lowest BCUT2D eigenvalue weighted by atomic mass is 10.1. The van der Waals surface area contributed by atoms with Crippen LogP contribution in [0.4, 0.5) is 0 Å². The lowest BCUT2D eigenvalue weighted by Gasteiger charge is -2.35. The van der Waals surface area contributed by atoms with Crippen LogP contribution in [0.3, 0.4) is 0 Å². The molecule has 134 valence electrons. The number of carbonyl (C=O) groups is 1. The molecule has 0 radical (unpaired) electrons. The van der Waals surface area contributed by atoms with E-state index in [-0.39, 0.29) is 11.9 Å². The van der Waals surface area contributed by atoms with Crippen LogP contribution in [-0.2, 0) is 29.4 Å². The van der Waals surface area contributed by atoms with E-state index in [9.17, 15) is 4.79 Å². The number of rotatable bonds is 6. The van der Waals surface area contributed by atoms with Crippen molar-refractivity contribution in [3.63, 3.8) is 0 Å². The van der Waals surface area contributed by atoms with Crippen molar-refractivity contribution in [2.45, 2.75) is 38.6 Å². The SMILES string of the molecule is Cc1nn(C)cc1CCC(=O)N1CCOC[C@@H]1CCc1cnccn1. The first-order chi connectivity index (χ1) is 12.1. The third-order valence-corrected chi connectivity index (χ3v) is 4.62. The van der Waals surface area contributed by atoms with E-state index in [0.29, 0.717) is 26.2 Å². The Morgan fingerprint density at radius 3 is 2.96 bits per heavy atom. The molecule has 0 saturated carbocycles. The van der Waals surface area contributed by atoms with E-state index >= 15 is 0 Å². The zero-order valence-corrected chi connectivity index (χ0v) is 14.9. The van der Waals surface area contributed by atoms with Gasteiger partial charge in [0.1, 0.15) is 0 Å². The Hall–Kier alpha value is -2.28. The Kier molecular flexibility index (Phi) is 5.75. The number of carbonyl (C=O) groups excluding carboxylic acids is 1. The van der Waals surface area contributed by atoms with Crippen LogP contribution in [0.2, 0.25) is 0 Å². The maximum atomic E-state index is 12.7. The van der Waals surface area contributed by atoms with Gasteiger partial charge in [-0.2, -0.15) is 5.10 Å². The highest BCUT2D eigenvalue weighted by atomic mass is 16.5. The maximum absolute atomic E-state index is 12.7. The monoisotopic (exact) mass is 343 g/mol. The molecule has 0 aliphatic carbocycles. The molecule has 0 N–H and O–H groups in total. The highest BCUT2D eigenvalue weighted by Gasteiger charge is 2.27. The summed E-state index contributed by atoms with van der Waals surface area (Å²) in [6, 6.07) is 0.109. The summed E-state index contributed by atoms with van der Waals surface area (Å²) >= 11 is 0. The molecule has 1 aliphatic heterocycles. The van der Waals surface area contributed by atoms with Gasteiger partial charge in [0, 0.05) is 44.8 Å². The Morgan fingerprint density at radius 2 is 2.24 bits per heavy atom. The number of ether oxygens (including phenoxy) is 1. The average molecular weight is 343 g/mol. The van der Waals surface area contributed by atoms with Crippen LogP contribution in [0.25, 0.3) is 0 Å². The van der Waals surface area contributed by atoms with Gasteiger partial charge in [0.05, 0.1) is 30.6 Å². The topological polar surface area (TPSA) is 73.1 Å². The standard InChI is InChI=1S/C18H25N5O2/c1-14-15(12-22(2)21-14)3-6-18(24)23-9-10-25-13-17(23)5-4-16-11-19-7-8-20-16/h7-8,11-12,17H,3-6,9-10,13H2,1-2H3/t17-/m0/s1. The van der Waals surface area contributed by atoms with E-state index in [0.717, 1.165) is 36.2 Å². The van der Waals surface area contributed by atoms with Crippen molar-refractivity contribution in [2.24, 2.45) is 7.05 Å². The predicted octanol–water partition coefficient (Wildman–Crippen LogP) is 1.31. The minimum atomic E-state index is 0.109. The minimum Gasteiger partial charge on any atom is -0.377 e. The van der Waals surface area contributed by atoms with Crippen LogP contribution in [0.15, 0.2) is 24.8 Å². The van der Waals surface area contributed by atoms with Gasteiger partial charge in [0.25, 0.3) is 0 Å². The molecule has 0 spiro atoms. The van der Waals surface area contributed by atoms with Crippen molar-refractivity contribution in [3.05, 3.63) is 41.7 Å². The molecule has 1 aliphatic rings. The Bertz CT molecular complexity index is 701. The highest BCUT2D eigenvalue weighted by molar-refractivity contribution is 5.77. The van der Waals surface area contributed by atoms with Gasteiger partial charge in [0.2, 0.25) is 5.91 Å². The molecule has 3 heterocycles. The van der Waals surface area contributed by atoms with Gasteiger partial charge in [0.15, 0.2) is 0 Å². The van der Waals surface area contributed by atoms with E-state index in [1.807, 2.05) is 25.1 Å². The molecule has 3 rings (SSSR count). The van der Waals surface area contributed by atoms with E-state index < -0.39 is 0 Å². The number of hydrogen-bond acceptors (Lipinski definition) is 5. The summed E-state index contributed by atoms with van der Waals surface area (Å²) in [4.78, 5) is 23.1. The molecule has 0 unspecified atom stereocenters. The van der Waals surface area contributed by atoms with Crippen molar-refractivity contribution >= 4 is 5.91 Å². The second kappa shape index (κ2) is 8.20. The third kappa shape index (κ3) is 4.63. The highest BCUT2D eigenvalue weighted by Crippen LogP contribution is 2.16. The first kappa shape index (κ1) is 17.5. The van der Waals surface area contributed by atoms with Gasteiger partial charge in [-0.05, 0) is 31.7 Å². The summed E-state index contributed by atoms with van der Waals surface area (Å²) in [6.45, 7) is 3.85. The molecule has 7 nitrogen and oxygen atoms in total. The molecular weight excluding hydrogens is 318 g/mol. The minimum absolute atomic E-state index is 0.109.